The third-order valence-corrected chi connectivity index (χ3v) is 3.65. The Morgan fingerprint density at radius 1 is 1.31 bits per heavy atom. The summed E-state index contributed by atoms with van der Waals surface area (Å²) in [5, 5.41) is 3.29. The predicted molar refractivity (Wildman–Crippen MR) is 65.4 cm³/mol. The quantitative estimate of drug-likeness (QED) is 0.806. The Balaban J connectivity index is 2.19. The molecule has 0 amide bonds. The number of rotatable bonds is 2. The molecule has 1 saturated heterocycles. The molecule has 1 heterocycles. The van der Waals surface area contributed by atoms with Crippen LogP contribution in [0, 0.1) is 13.8 Å². The molecule has 0 aliphatic carbocycles. The molecule has 0 bridgehead atoms. The predicted octanol–water partition coefficient (Wildman–Crippen LogP) is 3.46. The third kappa shape index (κ3) is 2.27. The molecule has 1 aliphatic rings. The molecule has 1 fully saturated rings. The first-order valence-electron chi connectivity index (χ1n) is 6.13. The highest BCUT2D eigenvalue weighted by molar-refractivity contribution is 5.35. The highest BCUT2D eigenvalue weighted by Gasteiger charge is 2.25. The van der Waals surface area contributed by atoms with E-state index in [1.165, 1.54) is 12.0 Å². The largest absolute Gasteiger partial charge is 0.311 e. The summed E-state index contributed by atoms with van der Waals surface area (Å²) >= 11 is 0. The van der Waals surface area contributed by atoms with Crippen molar-refractivity contribution in [1.82, 2.24) is 5.32 Å². The van der Waals surface area contributed by atoms with Gasteiger partial charge in [0.25, 0.3) is 0 Å². The van der Waals surface area contributed by atoms with E-state index in [0.717, 1.165) is 30.5 Å². The third-order valence-electron chi connectivity index (χ3n) is 3.65. The van der Waals surface area contributed by atoms with Crippen LogP contribution >= 0.6 is 0 Å². The number of nitrogens with one attached hydrogen (secondary N) is 1. The molecule has 1 N–H and O–H groups in total. The van der Waals surface area contributed by atoms with E-state index in [1.807, 2.05) is 32.0 Å². The van der Waals surface area contributed by atoms with E-state index in [9.17, 15) is 4.39 Å². The first-order valence-corrected chi connectivity index (χ1v) is 6.13. The molecule has 88 valence electrons. The molecule has 1 aromatic carbocycles. The van der Waals surface area contributed by atoms with E-state index >= 15 is 0 Å². The molecule has 2 atom stereocenters. The van der Waals surface area contributed by atoms with Crippen LogP contribution in [0.1, 0.15) is 42.1 Å². The van der Waals surface area contributed by atoms with Gasteiger partial charge in [-0.2, -0.15) is 0 Å². The lowest BCUT2D eigenvalue weighted by molar-refractivity contribution is 0.220. The number of benzene rings is 1. The number of piperidine rings is 1. The zero-order valence-electron chi connectivity index (χ0n) is 10.1. The molecule has 2 rings (SSSR count). The van der Waals surface area contributed by atoms with Crippen LogP contribution in [-0.4, -0.2) is 12.6 Å². The summed E-state index contributed by atoms with van der Waals surface area (Å²) in [7, 11) is 0. The molecule has 16 heavy (non-hydrogen) atoms. The van der Waals surface area contributed by atoms with E-state index in [-0.39, 0.29) is 6.04 Å². The second-order valence-corrected chi connectivity index (χ2v) is 4.75. The van der Waals surface area contributed by atoms with Crippen molar-refractivity contribution < 1.29 is 4.39 Å². The Bertz CT molecular complexity index is 356. The maximum Gasteiger partial charge on any atom is 0.141 e. The Morgan fingerprint density at radius 3 is 2.81 bits per heavy atom. The minimum absolute atomic E-state index is 0.00856. The standard InChI is InChI=1S/C14H20FN/c1-10-6-5-7-12(11(10)2)14(15)13-8-3-4-9-16-13/h5-7,13-14,16H,3-4,8-9H2,1-2H3. The normalized spacial score (nSPS) is 23.1. The van der Waals surface area contributed by atoms with Crippen LogP contribution in [0.15, 0.2) is 18.2 Å². The Hall–Kier alpha value is -0.890. The first-order chi connectivity index (χ1) is 7.70. The second kappa shape index (κ2) is 4.96. The van der Waals surface area contributed by atoms with E-state index in [4.69, 9.17) is 0 Å². The fraction of sp³-hybridized carbons (Fsp3) is 0.571. The van der Waals surface area contributed by atoms with Crippen molar-refractivity contribution in [1.29, 1.82) is 0 Å². The summed E-state index contributed by atoms with van der Waals surface area (Å²) in [6, 6.07) is 5.92. The van der Waals surface area contributed by atoms with Gasteiger partial charge in [0.05, 0.1) is 0 Å². The highest BCUT2D eigenvalue weighted by Crippen LogP contribution is 2.29. The smallest absolute Gasteiger partial charge is 0.141 e. The van der Waals surface area contributed by atoms with Gasteiger partial charge in [0.15, 0.2) is 0 Å². The molecule has 0 spiro atoms. The van der Waals surface area contributed by atoms with Gasteiger partial charge in [-0.15, -0.1) is 0 Å². The maximum atomic E-state index is 14.4. The van der Waals surface area contributed by atoms with Crippen molar-refractivity contribution in [2.75, 3.05) is 6.54 Å². The molecular weight excluding hydrogens is 201 g/mol. The summed E-state index contributed by atoms with van der Waals surface area (Å²) < 4.78 is 14.4. The number of aryl methyl sites for hydroxylation is 1. The molecule has 0 radical (unpaired) electrons. The topological polar surface area (TPSA) is 12.0 Å². The molecular formula is C14H20FN. The van der Waals surface area contributed by atoms with Crippen LogP contribution in [-0.2, 0) is 0 Å². The summed E-state index contributed by atoms with van der Waals surface area (Å²) in [6.07, 6.45) is 2.41. The van der Waals surface area contributed by atoms with E-state index < -0.39 is 6.17 Å². The summed E-state index contributed by atoms with van der Waals surface area (Å²) in [6.45, 7) is 5.01. The zero-order chi connectivity index (χ0) is 11.5. The van der Waals surface area contributed by atoms with Gasteiger partial charge in [-0.25, -0.2) is 4.39 Å². The monoisotopic (exact) mass is 221 g/mol. The van der Waals surface area contributed by atoms with E-state index in [2.05, 4.69) is 5.32 Å². The van der Waals surface area contributed by atoms with Crippen LogP contribution in [0.25, 0.3) is 0 Å². The van der Waals surface area contributed by atoms with Gasteiger partial charge in [0.1, 0.15) is 6.17 Å². The maximum absolute atomic E-state index is 14.4. The SMILES string of the molecule is Cc1cccc(C(F)C2CCCCN2)c1C. The number of halogens is 1. The lowest BCUT2D eigenvalue weighted by Gasteiger charge is -2.27. The van der Waals surface area contributed by atoms with E-state index in [1.54, 1.807) is 0 Å². The van der Waals surface area contributed by atoms with Gasteiger partial charge in [0.2, 0.25) is 0 Å². The summed E-state index contributed by atoms with van der Waals surface area (Å²) in [4.78, 5) is 0. The molecule has 2 heteroatoms. The van der Waals surface area contributed by atoms with Crippen LogP contribution in [0.4, 0.5) is 4.39 Å². The van der Waals surface area contributed by atoms with Crippen LogP contribution < -0.4 is 5.32 Å². The molecule has 1 aromatic rings. The molecule has 0 saturated carbocycles. The molecule has 1 aliphatic heterocycles. The zero-order valence-corrected chi connectivity index (χ0v) is 10.1. The van der Waals surface area contributed by atoms with Gasteiger partial charge in [0, 0.05) is 6.04 Å². The number of hydrogen-bond acceptors (Lipinski definition) is 1. The number of alkyl halides is 1. The summed E-state index contributed by atoms with van der Waals surface area (Å²) in [5.41, 5.74) is 3.14. The fourth-order valence-electron chi connectivity index (χ4n) is 2.42. The van der Waals surface area contributed by atoms with Crippen molar-refractivity contribution in [2.45, 2.75) is 45.3 Å². The average Bonchev–Trinajstić information content (AvgIpc) is 2.33. The van der Waals surface area contributed by atoms with Crippen molar-refractivity contribution in [3.63, 3.8) is 0 Å². The van der Waals surface area contributed by atoms with Crippen molar-refractivity contribution in [2.24, 2.45) is 0 Å². The highest BCUT2D eigenvalue weighted by atomic mass is 19.1. The van der Waals surface area contributed by atoms with Crippen molar-refractivity contribution in [3.8, 4) is 0 Å². The fourth-order valence-corrected chi connectivity index (χ4v) is 2.42. The van der Waals surface area contributed by atoms with Crippen molar-refractivity contribution in [3.05, 3.63) is 34.9 Å². The minimum atomic E-state index is -0.861. The van der Waals surface area contributed by atoms with Crippen molar-refractivity contribution >= 4 is 0 Å². The van der Waals surface area contributed by atoms with Gasteiger partial charge in [-0.1, -0.05) is 24.6 Å². The van der Waals surface area contributed by atoms with Crippen LogP contribution in [0.3, 0.4) is 0 Å². The van der Waals surface area contributed by atoms with Gasteiger partial charge in [-0.3, -0.25) is 0 Å². The van der Waals surface area contributed by atoms with Gasteiger partial charge in [-0.05, 0) is 49.9 Å². The Kier molecular flexibility index (Phi) is 3.59. The lowest BCUT2D eigenvalue weighted by atomic mass is 9.92. The average molecular weight is 221 g/mol. The summed E-state index contributed by atoms with van der Waals surface area (Å²) in [5.74, 6) is 0. The molecule has 2 unspecified atom stereocenters. The van der Waals surface area contributed by atoms with Gasteiger partial charge < -0.3 is 5.32 Å². The van der Waals surface area contributed by atoms with Gasteiger partial charge >= 0.3 is 0 Å². The van der Waals surface area contributed by atoms with Crippen LogP contribution in [0.2, 0.25) is 0 Å². The Labute approximate surface area is 97.1 Å². The minimum Gasteiger partial charge on any atom is -0.311 e. The second-order valence-electron chi connectivity index (χ2n) is 4.75. The van der Waals surface area contributed by atoms with Crippen LogP contribution in [0.5, 0.6) is 0 Å². The molecule has 1 nitrogen and oxygen atoms in total. The number of hydrogen-bond donors (Lipinski definition) is 1. The van der Waals surface area contributed by atoms with E-state index in [0.29, 0.717) is 0 Å². The first kappa shape index (κ1) is 11.6. The molecule has 0 aromatic heterocycles. The lowest BCUT2D eigenvalue weighted by Crippen LogP contribution is -2.37. The Morgan fingerprint density at radius 2 is 2.12 bits per heavy atom.